The first-order valence-corrected chi connectivity index (χ1v) is 14.6. The Morgan fingerprint density at radius 1 is 1.07 bits per heavy atom. The third-order valence-electron chi connectivity index (χ3n) is 8.00. The summed E-state index contributed by atoms with van der Waals surface area (Å²) in [7, 11) is 4.49. The second-order valence-electron chi connectivity index (χ2n) is 12.1. The van der Waals surface area contributed by atoms with Crippen molar-refractivity contribution < 1.29 is 23.8 Å². The number of hydrogen-bond donors (Lipinski definition) is 1. The molecule has 234 valence electrons. The van der Waals surface area contributed by atoms with Gasteiger partial charge in [-0.05, 0) is 76.3 Å². The number of nitrogens with one attached hydrogen (secondary N) is 1. The molecule has 1 aromatic carbocycles. The van der Waals surface area contributed by atoms with Crippen molar-refractivity contribution >= 4 is 29.1 Å². The number of piperidine rings is 1. The number of ether oxygens (including phenoxy) is 3. The second-order valence-corrected chi connectivity index (χ2v) is 12.1. The van der Waals surface area contributed by atoms with Crippen molar-refractivity contribution in [2.45, 2.75) is 70.2 Å². The summed E-state index contributed by atoms with van der Waals surface area (Å²) in [6.45, 7) is 5.48. The average molecular weight is 607 g/mol. The van der Waals surface area contributed by atoms with Gasteiger partial charge in [-0.2, -0.15) is 0 Å². The number of fused-ring (bicyclic) bond motifs is 3. The Hall–Kier alpha value is -4.52. The molecule has 5 rings (SSSR count). The summed E-state index contributed by atoms with van der Waals surface area (Å²) in [5.41, 5.74) is 0.246. The molecule has 1 N–H and O–H groups in total. The van der Waals surface area contributed by atoms with Gasteiger partial charge in [-0.25, -0.2) is 9.59 Å². The van der Waals surface area contributed by atoms with E-state index >= 15 is 0 Å². The minimum Gasteiger partial charge on any atom is -0.467 e. The Balaban J connectivity index is 1.53. The molecule has 4 heterocycles. The van der Waals surface area contributed by atoms with Gasteiger partial charge in [0.2, 0.25) is 5.91 Å². The van der Waals surface area contributed by atoms with Crippen molar-refractivity contribution in [1.29, 1.82) is 0 Å². The molecular weight excluding hydrogens is 568 g/mol. The van der Waals surface area contributed by atoms with Crippen LogP contribution in [0, 0.1) is 0 Å². The molecule has 44 heavy (non-hydrogen) atoms. The lowest BCUT2D eigenvalue weighted by atomic mass is 9.97. The van der Waals surface area contributed by atoms with Gasteiger partial charge in [-0.3, -0.25) is 18.7 Å². The Kier molecular flexibility index (Phi) is 8.60. The standard InChI is InChI=1S/C31H38N6O7/c1-31(2,3)44-30(41)36-19-9-10-20(36)15-21(14-19)37-27-23(28(39)35(5)29(37)40)16-24(33-34-27)22-11-7-18(8-12-26(38)32-4)13-25(22)43-17-42-6/h7-8,11-13,16,19-21H,9-10,14-15,17H2,1-6H3,(H,32,38)/b12-8+/t19-,20+,21?. The summed E-state index contributed by atoms with van der Waals surface area (Å²) in [6, 6.07) is 6.43. The van der Waals surface area contributed by atoms with Crippen LogP contribution < -0.4 is 21.3 Å². The lowest BCUT2D eigenvalue weighted by Crippen LogP contribution is -2.50. The normalized spacial score (nSPS) is 19.9. The van der Waals surface area contributed by atoms with Crippen molar-refractivity contribution in [1.82, 2.24) is 29.5 Å². The molecule has 3 atom stereocenters. The minimum absolute atomic E-state index is 0.0394. The van der Waals surface area contributed by atoms with E-state index in [-0.39, 0.29) is 48.0 Å². The van der Waals surface area contributed by atoms with E-state index in [2.05, 4.69) is 15.5 Å². The number of likely N-dealkylation sites (N-methyl/N-ethyl adjacent to an activating group) is 1. The number of carbonyl (C=O) groups is 2. The van der Waals surface area contributed by atoms with Crippen LogP contribution in [0.25, 0.3) is 28.4 Å². The van der Waals surface area contributed by atoms with Gasteiger partial charge in [0.05, 0.1) is 11.1 Å². The molecule has 2 bridgehead atoms. The predicted octanol–water partition coefficient (Wildman–Crippen LogP) is 3.00. The van der Waals surface area contributed by atoms with Crippen LogP contribution in [0.5, 0.6) is 5.75 Å². The summed E-state index contributed by atoms with van der Waals surface area (Å²) < 4.78 is 19.2. The van der Waals surface area contributed by atoms with Gasteiger partial charge in [-0.1, -0.05) is 6.07 Å². The maximum Gasteiger partial charge on any atom is 0.410 e. The Labute approximate surface area is 254 Å². The fourth-order valence-electron chi connectivity index (χ4n) is 6.02. The van der Waals surface area contributed by atoms with E-state index in [1.54, 1.807) is 42.0 Å². The fraction of sp³-hybridized carbons (Fsp3) is 0.484. The molecule has 13 nitrogen and oxygen atoms in total. The number of nitrogens with zero attached hydrogens (tertiary/aromatic N) is 5. The lowest BCUT2D eigenvalue weighted by Gasteiger charge is -2.40. The van der Waals surface area contributed by atoms with Gasteiger partial charge in [0.15, 0.2) is 12.4 Å². The van der Waals surface area contributed by atoms with Crippen molar-refractivity contribution in [3.05, 3.63) is 56.7 Å². The summed E-state index contributed by atoms with van der Waals surface area (Å²) in [4.78, 5) is 53.4. The third kappa shape index (κ3) is 6.09. The predicted molar refractivity (Wildman–Crippen MR) is 163 cm³/mol. The van der Waals surface area contributed by atoms with Gasteiger partial charge in [0.25, 0.3) is 5.56 Å². The van der Waals surface area contributed by atoms with Gasteiger partial charge in [0.1, 0.15) is 11.4 Å². The van der Waals surface area contributed by atoms with Crippen LogP contribution in [0.3, 0.4) is 0 Å². The number of methoxy groups -OCH3 is 1. The number of benzene rings is 1. The second kappa shape index (κ2) is 12.2. The highest BCUT2D eigenvalue weighted by atomic mass is 16.7. The summed E-state index contributed by atoms with van der Waals surface area (Å²) in [5.74, 6) is 0.162. The Morgan fingerprint density at radius 2 is 1.77 bits per heavy atom. The molecule has 2 amide bonds. The number of aromatic nitrogens is 4. The van der Waals surface area contributed by atoms with Crippen molar-refractivity contribution in [2.75, 3.05) is 21.0 Å². The SMILES string of the molecule is CNC(=O)/C=C/c1ccc(-c2cc3c(=O)n(C)c(=O)n(C4C[C@H]5CC[C@@H](C4)N5C(=O)OC(C)(C)C)c3nn2)c(OCOC)c1. The number of rotatable bonds is 7. The van der Waals surface area contributed by atoms with Crippen LogP contribution in [0.1, 0.15) is 58.1 Å². The van der Waals surface area contributed by atoms with Crippen LogP contribution >= 0.6 is 0 Å². The molecule has 3 aromatic rings. The topological polar surface area (TPSA) is 147 Å². The van der Waals surface area contributed by atoms with Crippen molar-refractivity contribution in [2.24, 2.45) is 7.05 Å². The Bertz CT molecular complexity index is 1720. The minimum atomic E-state index is -0.609. The van der Waals surface area contributed by atoms with E-state index in [4.69, 9.17) is 14.2 Å². The molecule has 0 saturated carbocycles. The van der Waals surface area contributed by atoms with E-state index < -0.39 is 16.9 Å². The zero-order chi connectivity index (χ0) is 31.8. The number of carbonyl (C=O) groups excluding carboxylic acids is 2. The molecule has 2 aromatic heterocycles. The van der Waals surface area contributed by atoms with E-state index in [0.29, 0.717) is 35.4 Å². The zero-order valence-electron chi connectivity index (χ0n) is 25.8. The molecule has 0 radical (unpaired) electrons. The molecule has 2 aliphatic rings. The number of amides is 2. The quantitative estimate of drug-likeness (QED) is 0.317. The summed E-state index contributed by atoms with van der Waals surface area (Å²) in [6.07, 6.45) is 5.40. The van der Waals surface area contributed by atoms with E-state index in [1.165, 1.54) is 20.2 Å². The lowest BCUT2D eigenvalue weighted by molar-refractivity contribution is -0.116. The van der Waals surface area contributed by atoms with Crippen LogP contribution in [-0.2, 0) is 21.3 Å². The molecule has 2 aliphatic heterocycles. The van der Waals surface area contributed by atoms with E-state index in [9.17, 15) is 19.2 Å². The monoisotopic (exact) mass is 606 g/mol. The maximum atomic E-state index is 13.5. The maximum absolute atomic E-state index is 13.5. The van der Waals surface area contributed by atoms with Crippen LogP contribution in [-0.4, -0.2) is 74.9 Å². The highest BCUT2D eigenvalue weighted by molar-refractivity contribution is 5.91. The van der Waals surface area contributed by atoms with Crippen molar-refractivity contribution in [3.63, 3.8) is 0 Å². The fourth-order valence-corrected chi connectivity index (χ4v) is 6.02. The van der Waals surface area contributed by atoms with E-state index in [1.807, 2.05) is 25.7 Å². The van der Waals surface area contributed by atoms with Crippen LogP contribution in [0.15, 0.2) is 39.9 Å². The molecule has 2 fully saturated rings. The first kappa shape index (κ1) is 30.9. The highest BCUT2D eigenvalue weighted by Gasteiger charge is 2.46. The number of hydrogen-bond acceptors (Lipinski definition) is 9. The average Bonchev–Trinajstić information content (AvgIpc) is 3.26. The van der Waals surface area contributed by atoms with Gasteiger partial charge in [0, 0.05) is 51.0 Å². The highest BCUT2D eigenvalue weighted by Crippen LogP contribution is 2.42. The molecule has 13 heteroatoms. The first-order chi connectivity index (χ1) is 20.9. The van der Waals surface area contributed by atoms with Gasteiger partial charge in [-0.15, -0.1) is 10.2 Å². The zero-order valence-corrected chi connectivity index (χ0v) is 25.8. The molecular formula is C31H38N6O7. The smallest absolute Gasteiger partial charge is 0.410 e. The summed E-state index contributed by atoms with van der Waals surface area (Å²) >= 11 is 0. The van der Waals surface area contributed by atoms with Crippen molar-refractivity contribution in [3.8, 4) is 17.0 Å². The van der Waals surface area contributed by atoms with E-state index in [0.717, 1.165) is 17.4 Å². The third-order valence-corrected chi connectivity index (χ3v) is 8.00. The van der Waals surface area contributed by atoms with Crippen LogP contribution in [0.4, 0.5) is 4.79 Å². The molecule has 2 saturated heterocycles. The summed E-state index contributed by atoms with van der Waals surface area (Å²) in [5, 5.41) is 11.6. The molecule has 0 spiro atoms. The van der Waals surface area contributed by atoms with Gasteiger partial charge >= 0.3 is 11.8 Å². The Morgan fingerprint density at radius 3 is 2.41 bits per heavy atom. The molecule has 0 aliphatic carbocycles. The van der Waals surface area contributed by atoms with Gasteiger partial charge < -0.3 is 24.4 Å². The van der Waals surface area contributed by atoms with Crippen LogP contribution in [0.2, 0.25) is 0 Å². The molecule has 1 unspecified atom stereocenters. The largest absolute Gasteiger partial charge is 0.467 e. The first-order valence-electron chi connectivity index (χ1n) is 14.6.